The van der Waals surface area contributed by atoms with E-state index >= 15 is 0 Å². The molecule has 0 bridgehead atoms. The second-order valence-electron chi connectivity index (χ2n) is 7.87. The van der Waals surface area contributed by atoms with E-state index in [2.05, 4.69) is 31.2 Å². The molecule has 2 N–H and O–H groups in total. The molecule has 0 spiro atoms. The van der Waals surface area contributed by atoms with Crippen LogP contribution in [0.5, 0.6) is 0 Å². The van der Waals surface area contributed by atoms with E-state index in [-0.39, 0.29) is 11.9 Å². The summed E-state index contributed by atoms with van der Waals surface area (Å²) >= 11 is 0. The monoisotopic (exact) mass is 409 g/mol. The SMILES string of the molecule is CC[NH+](CC)CCC[C@@H](C)NC(=O)c1cc(-c2ccco2)nn1-c1cccc(C)c1. The maximum absolute atomic E-state index is 13.1. The van der Waals surface area contributed by atoms with E-state index in [9.17, 15) is 4.79 Å². The Balaban J connectivity index is 1.77. The first-order valence-corrected chi connectivity index (χ1v) is 10.9. The number of hydrogen-bond donors (Lipinski definition) is 2. The highest BCUT2D eigenvalue weighted by atomic mass is 16.3. The Bertz CT molecular complexity index is 942. The Labute approximate surface area is 178 Å². The first-order chi connectivity index (χ1) is 14.5. The second-order valence-corrected chi connectivity index (χ2v) is 7.87. The third-order valence-electron chi connectivity index (χ3n) is 5.51. The summed E-state index contributed by atoms with van der Waals surface area (Å²) < 4.78 is 7.20. The van der Waals surface area contributed by atoms with E-state index in [1.54, 1.807) is 21.9 Å². The molecule has 160 valence electrons. The molecule has 3 rings (SSSR count). The van der Waals surface area contributed by atoms with Crippen molar-refractivity contribution in [2.24, 2.45) is 0 Å². The van der Waals surface area contributed by atoms with Gasteiger partial charge in [-0.15, -0.1) is 0 Å². The van der Waals surface area contributed by atoms with Crippen molar-refractivity contribution >= 4 is 5.91 Å². The zero-order valence-corrected chi connectivity index (χ0v) is 18.4. The zero-order chi connectivity index (χ0) is 21.5. The minimum Gasteiger partial charge on any atom is -0.463 e. The quantitative estimate of drug-likeness (QED) is 0.540. The van der Waals surface area contributed by atoms with Gasteiger partial charge in [-0.05, 0) is 70.4 Å². The Morgan fingerprint density at radius 1 is 1.20 bits per heavy atom. The van der Waals surface area contributed by atoms with Crippen molar-refractivity contribution in [1.82, 2.24) is 15.1 Å². The fourth-order valence-corrected chi connectivity index (χ4v) is 3.68. The lowest BCUT2D eigenvalue weighted by Crippen LogP contribution is -3.11. The lowest BCUT2D eigenvalue weighted by atomic mass is 10.1. The van der Waals surface area contributed by atoms with Crippen molar-refractivity contribution in [2.75, 3.05) is 19.6 Å². The number of nitrogens with zero attached hydrogens (tertiary/aromatic N) is 2. The number of nitrogens with one attached hydrogen (secondary N) is 2. The molecule has 2 heterocycles. The number of aromatic nitrogens is 2. The molecule has 6 heteroatoms. The van der Waals surface area contributed by atoms with Crippen LogP contribution in [0.4, 0.5) is 0 Å². The highest BCUT2D eigenvalue weighted by Gasteiger charge is 2.20. The molecule has 30 heavy (non-hydrogen) atoms. The third kappa shape index (κ3) is 5.39. The van der Waals surface area contributed by atoms with Gasteiger partial charge in [-0.3, -0.25) is 4.79 Å². The molecule has 6 nitrogen and oxygen atoms in total. The van der Waals surface area contributed by atoms with Crippen LogP contribution in [0.1, 0.15) is 49.7 Å². The van der Waals surface area contributed by atoms with E-state index in [4.69, 9.17) is 4.42 Å². The van der Waals surface area contributed by atoms with Gasteiger partial charge in [0.2, 0.25) is 0 Å². The van der Waals surface area contributed by atoms with E-state index < -0.39 is 0 Å². The summed E-state index contributed by atoms with van der Waals surface area (Å²) in [7, 11) is 0. The molecule has 0 saturated heterocycles. The van der Waals surface area contributed by atoms with Crippen LogP contribution in [0.25, 0.3) is 17.1 Å². The summed E-state index contributed by atoms with van der Waals surface area (Å²) in [4.78, 5) is 14.7. The van der Waals surface area contributed by atoms with Gasteiger partial charge in [-0.2, -0.15) is 5.10 Å². The fourth-order valence-electron chi connectivity index (χ4n) is 3.68. The zero-order valence-electron chi connectivity index (χ0n) is 18.4. The Kier molecular flexibility index (Phi) is 7.46. The van der Waals surface area contributed by atoms with Crippen molar-refractivity contribution < 1.29 is 14.1 Å². The van der Waals surface area contributed by atoms with Crippen LogP contribution in [0.3, 0.4) is 0 Å². The first kappa shape index (κ1) is 21.8. The van der Waals surface area contributed by atoms with Gasteiger partial charge in [0.1, 0.15) is 11.4 Å². The lowest BCUT2D eigenvalue weighted by Gasteiger charge is -2.18. The molecule has 0 aliphatic heterocycles. The van der Waals surface area contributed by atoms with Crippen molar-refractivity contribution in [3.8, 4) is 17.1 Å². The Morgan fingerprint density at radius 3 is 2.67 bits per heavy atom. The fraction of sp³-hybridized carbons (Fsp3) is 0.417. The molecular formula is C24H33N4O2+. The Hall–Kier alpha value is -2.86. The summed E-state index contributed by atoms with van der Waals surface area (Å²) in [6, 6.07) is 13.5. The van der Waals surface area contributed by atoms with Crippen LogP contribution in [0.15, 0.2) is 53.1 Å². The third-order valence-corrected chi connectivity index (χ3v) is 5.51. The average Bonchev–Trinajstić information content (AvgIpc) is 3.41. The van der Waals surface area contributed by atoms with Crippen LogP contribution in [0.2, 0.25) is 0 Å². The number of carbonyl (C=O) groups excluding carboxylic acids is 1. The molecule has 3 aromatic rings. The van der Waals surface area contributed by atoms with Crippen LogP contribution in [-0.2, 0) is 0 Å². The van der Waals surface area contributed by atoms with Gasteiger partial charge in [0.15, 0.2) is 5.76 Å². The van der Waals surface area contributed by atoms with Gasteiger partial charge >= 0.3 is 0 Å². The molecule has 0 radical (unpaired) electrons. The number of carbonyl (C=O) groups is 1. The van der Waals surface area contributed by atoms with Crippen molar-refractivity contribution in [3.05, 3.63) is 60.0 Å². The van der Waals surface area contributed by atoms with Gasteiger partial charge in [0.05, 0.1) is 31.6 Å². The molecule has 1 amide bonds. The summed E-state index contributed by atoms with van der Waals surface area (Å²) in [6.07, 6.45) is 3.66. The van der Waals surface area contributed by atoms with Crippen molar-refractivity contribution in [3.63, 3.8) is 0 Å². The number of furan rings is 1. The minimum absolute atomic E-state index is 0.0976. The predicted octanol–water partition coefficient (Wildman–Crippen LogP) is 3.26. The highest BCUT2D eigenvalue weighted by Crippen LogP contribution is 2.22. The maximum atomic E-state index is 13.1. The van der Waals surface area contributed by atoms with Gasteiger partial charge in [0.25, 0.3) is 5.91 Å². The normalized spacial score (nSPS) is 12.3. The number of hydrogen-bond acceptors (Lipinski definition) is 3. The number of amides is 1. The molecule has 0 fully saturated rings. The number of aryl methyl sites for hydroxylation is 1. The van der Waals surface area contributed by atoms with E-state index in [1.807, 2.05) is 43.3 Å². The summed E-state index contributed by atoms with van der Waals surface area (Å²) in [5, 5.41) is 7.81. The average molecular weight is 410 g/mol. The molecular weight excluding hydrogens is 376 g/mol. The van der Waals surface area contributed by atoms with Crippen LogP contribution >= 0.6 is 0 Å². The van der Waals surface area contributed by atoms with Crippen LogP contribution < -0.4 is 10.2 Å². The summed E-state index contributed by atoms with van der Waals surface area (Å²) in [6.45, 7) is 11.9. The number of benzene rings is 1. The van der Waals surface area contributed by atoms with Gasteiger partial charge in [-0.1, -0.05) is 12.1 Å². The minimum atomic E-state index is -0.121. The summed E-state index contributed by atoms with van der Waals surface area (Å²) in [5.41, 5.74) is 3.12. The molecule has 0 aliphatic rings. The molecule has 1 aromatic carbocycles. The number of rotatable bonds is 10. The van der Waals surface area contributed by atoms with Crippen LogP contribution in [-0.4, -0.2) is 41.4 Å². The largest absolute Gasteiger partial charge is 0.463 e. The highest BCUT2D eigenvalue weighted by molar-refractivity contribution is 5.94. The van der Waals surface area contributed by atoms with Crippen molar-refractivity contribution in [2.45, 2.75) is 46.6 Å². The van der Waals surface area contributed by atoms with Gasteiger partial charge in [0, 0.05) is 12.1 Å². The van der Waals surface area contributed by atoms with Gasteiger partial charge in [-0.25, -0.2) is 4.68 Å². The predicted molar refractivity (Wildman–Crippen MR) is 119 cm³/mol. The van der Waals surface area contributed by atoms with E-state index in [0.29, 0.717) is 17.1 Å². The topological polar surface area (TPSA) is 64.5 Å². The van der Waals surface area contributed by atoms with E-state index in [1.165, 1.54) is 0 Å². The number of quaternary nitrogens is 1. The smallest absolute Gasteiger partial charge is 0.270 e. The maximum Gasteiger partial charge on any atom is 0.270 e. The van der Waals surface area contributed by atoms with Gasteiger partial charge < -0.3 is 14.6 Å². The molecule has 0 saturated carbocycles. The molecule has 0 unspecified atom stereocenters. The lowest BCUT2D eigenvalue weighted by molar-refractivity contribution is -0.896. The standard InChI is InChI=1S/C24H32N4O2/c1-5-27(6-2)14-8-11-19(4)25-24(29)22-17-21(23-13-9-15-30-23)26-28(22)20-12-7-10-18(3)16-20/h7,9-10,12-13,15-17,19H,5-6,8,11,14H2,1-4H3,(H,25,29)/p+1/t19-/m1/s1. The van der Waals surface area contributed by atoms with Crippen LogP contribution in [0, 0.1) is 6.92 Å². The first-order valence-electron chi connectivity index (χ1n) is 10.9. The molecule has 0 aliphatic carbocycles. The second kappa shape index (κ2) is 10.3. The molecule has 1 atom stereocenters. The summed E-state index contributed by atoms with van der Waals surface area (Å²) in [5.74, 6) is 0.523. The Morgan fingerprint density at radius 2 is 2.00 bits per heavy atom. The molecule has 2 aromatic heterocycles. The van der Waals surface area contributed by atoms with E-state index in [0.717, 1.165) is 43.7 Å². The van der Waals surface area contributed by atoms with Crippen molar-refractivity contribution in [1.29, 1.82) is 0 Å².